The molecule has 1 N–H and O–H groups in total. The Bertz CT molecular complexity index is 468. The summed E-state index contributed by atoms with van der Waals surface area (Å²) >= 11 is 0. The molecule has 0 amide bonds. The molecule has 1 aromatic rings. The maximum absolute atomic E-state index is 12.5. The summed E-state index contributed by atoms with van der Waals surface area (Å²) in [6.07, 6.45) is -4.40. The van der Waals surface area contributed by atoms with E-state index in [1.165, 1.54) is 19.2 Å². The van der Waals surface area contributed by atoms with Crippen molar-refractivity contribution >= 4 is 5.97 Å². The van der Waals surface area contributed by atoms with E-state index in [4.69, 9.17) is 4.74 Å². The fraction of sp³-hybridized carbons (Fsp3) is 0.500. The molecule has 0 aliphatic rings. The van der Waals surface area contributed by atoms with E-state index in [2.05, 4.69) is 5.32 Å². The summed E-state index contributed by atoms with van der Waals surface area (Å²) in [6, 6.07) is 4.45. The first-order valence-corrected chi connectivity index (χ1v) is 6.15. The molecule has 1 rings (SSSR count). The van der Waals surface area contributed by atoms with Crippen LogP contribution in [0.5, 0.6) is 0 Å². The van der Waals surface area contributed by atoms with Crippen molar-refractivity contribution in [2.75, 3.05) is 7.11 Å². The Hall–Kier alpha value is -1.56. The van der Waals surface area contributed by atoms with Crippen molar-refractivity contribution in [1.82, 2.24) is 5.32 Å². The highest BCUT2D eigenvalue weighted by atomic mass is 19.4. The lowest BCUT2D eigenvalue weighted by Crippen LogP contribution is -2.50. The third kappa shape index (κ3) is 3.50. The number of methoxy groups -OCH3 is 1. The molecule has 1 unspecified atom stereocenters. The van der Waals surface area contributed by atoms with Gasteiger partial charge in [-0.25, -0.2) is 4.79 Å². The van der Waals surface area contributed by atoms with E-state index in [1.54, 1.807) is 6.92 Å². The highest BCUT2D eigenvalue weighted by Gasteiger charge is 2.38. The Morgan fingerprint density at radius 2 is 1.60 bits per heavy atom. The van der Waals surface area contributed by atoms with E-state index in [-0.39, 0.29) is 6.04 Å². The predicted octanol–water partition coefficient (Wildman–Crippen LogP) is 3.09. The van der Waals surface area contributed by atoms with Crippen molar-refractivity contribution in [3.63, 3.8) is 0 Å². The van der Waals surface area contributed by atoms with Crippen LogP contribution in [0.2, 0.25) is 0 Å². The third-order valence-corrected chi connectivity index (χ3v) is 2.96. The number of nitrogens with one attached hydrogen (secondary N) is 1. The lowest BCUT2D eigenvalue weighted by atomic mass is 9.90. The van der Waals surface area contributed by atoms with Crippen LogP contribution in [-0.2, 0) is 21.2 Å². The second kappa shape index (κ2) is 5.83. The van der Waals surface area contributed by atoms with Gasteiger partial charge in [-0.3, -0.25) is 5.32 Å². The zero-order valence-corrected chi connectivity index (χ0v) is 11.8. The molecule has 0 saturated heterocycles. The van der Waals surface area contributed by atoms with Crippen LogP contribution in [0.15, 0.2) is 24.3 Å². The van der Waals surface area contributed by atoms with Crippen LogP contribution in [0, 0.1) is 0 Å². The average Bonchev–Trinajstić information content (AvgIpc) is 2.36. The van der Waals surface area contributed by atoms with Gasteiger partial charge in [0.1, 0.15) is 5.54 Å². The van der Waals surface area contributed by atoms with Gasteiger partial charge in [0.15, 0.2) is 0 Å². The Kier molecular flexibility index (Phi) is 4.81. The van der Waals surface area contributed by atoms with Gasteiger partial charge in [0.05, 0.1) is 12.7 Å². The molecule has 112 valence electrons. The van der Waals surface area contributed by atoms with Gasteiger partial charge < -0.3 is 4.74 Å². The van der Waals surface area contributed by atoms with Crippen molar-refractivity contribution in [1.29, 1.82) is 0 Å². The smallest absolute Gasteiger partial charge is 0.416 e. The number of rotatable bonds is 4. The predicted molar refractivity (Wildman–Crippen MR) is 69.1 cm³/mol. The zero-order valence-electron chi connectivity index (χ0n) is 11.8. The fourth-order valence-corrected chi connectivity index (χ4v) is 2.03. The second-order valence-corrected chi connectivity index (χ2v) is 4.99. The first-order valence-electron chi connectivity index (χ1n) is 6.15. The maximum Gasteiger partial charge on any atom is 0.416 e. The van der Waals surface area contributed by atoms with Gasteiger partial charge in [-0.15, -0.1) is 0 Å². The van der Waals surface area contributed by atoms with Crippen molar-refractivity contribution in [3.05, 3.63) is 35.4 Å². The van der Waals surface area contributed by atoms with Gasteiger partial charge in [-0.05, 0) is 38.5 Å². The number of carbonyl (C=O) groups excluding carboxylic acids is 1. The molecule has 0 aliphatic heterocycles. The number of esters is 1. The van der Waals surface area contributed by atoms with Crippen LogP contribution in [0.1, 0.15) is 31.9 Å². The number of benzene rings is 1. The van der Waals surface area contributed by atoms with Crippen LogP contribution in [0.3, 0.4) is 0 Å². The molecule has 0 bridgehead atoms. The summed E-state index contributed by atoms with van der Waals surface area (Å²) in [6.45, 7) is 5.26. The molecule has 0 heterocycles. The van der Waals surface area contributed by atoms with E-state index in [0.717, 1.165) is 12.1 Å². The summed E-state index contributed by atoms with van der Waals surface area (Å²) in [5.41, 5.74) is -1.52. The molecule has 0 saturated carbocycles. The minimum Gasteiger partial charge on any atom is -0.467 e. The molecule has 1 aromatic carbocycles. The molecule has 0 fully saturated rings. The number of carbonyl (C=O) groups is 1. The molecule has 0 aromatic heterocycles. The lowest BCUT2D eigenvalue weighted by molar-refractivity contribution is -0.148. The second-order valence-electron chi connectivity index (χ2n) is 4.99. The summed E-state index contributed by atoms with van der Waals surface area (Å²) in [5, 5.41) is 3.03. The van der Waals surface area contributed by atoms with Crippen LogP contribution in [-0.4, -0.2) is 19.1 Å². The summed E-state index contributed by atoms with van der Waals surface area (Å²) in [4.78, 5) is 11.9. The van der Waals surface area contributed by atoms with E-state index >= 15 is 0 Å². The van der Waals surface area contributed by atoms with E-state index in [9.17, 15) is 18.0 Å². The third-order valence-electron chi connectivity index (χ3n) is 2.96. The Labute approximate surface area is 116 Å². The van der Waals surface area contributed by atoms with E-state index in [0.29, 0.717) is 5.56 Å². The van der Waals surface area contributed by atoms with Crippen molar-refractivity contribution in [2.45, 2.75) is 38.5 Å². The maximum atomic E-state index is 12.5. The summed E-state index contributed by atoms with van der Waals surface area (Å²) in [7, 11) is 1.24. The van der Waals surface area contributed by atoms with Crippen LogP contribution < -0.4 is 5.32 Å². The van der Waals surface area contributed by atoms with Gasteiger partial charge in [0, 0.05) is 6.04 Å². The van der Waals surface area contributed by atoms with Gasteiger partial charge in [-0.1, -0.05) is 12.1 Å². The molecular weight excluding hydrogens is 271 g/mol. The first-order chi connectivity index (χ1) is 9.11. The molecule has 0 aliphatic carbocycles. The minimum atomic E-state index is -4.40. The minimum absolute atomic E-state index is 0.0404. The normalized spacial score (nSPS) is 15.0. The Balaban J connectivity index is 3.19. The van der Waals surface area contributed by atoms with Gasteiger partial charge in [0.2, 0.25) is 0 Å². The number of alkyl halides is 3. The zero-order chi connectivity index (χ0) is 15.6. The van der Waals surface area contributed by atoms with Gasteiger partial charge >= 0.3 is 12.1 Å². The average molecular weight is 289 g/mol. The largest absolute Gasteiger partial charge is 0.467 e. The number of hydrogen-bond donors (Lipinski definition) is 1. The summed E-state index contributed by atoms with van der Waals surface area (Å²) in [5.74, 6) is -0.550. The van der Waals surface area contributed by atoms with Gasteiger partial charge in [-0.2, -0.15) is 13.2 Å². The summed E-state index contributed by atoms with van der Waals surface area (Å²) < 4.78 is 42.4. The fourth-order valence-electron chi connectivity index (χ4n) is 2.03. The number of ether oxygens (including phenoxy) is 1. The van der Waals surface area contributed by atoms with E-state index < -0.39 is 23.2 Å². The molecule has 20 heavy (non-hydrogen) atoms. The van der Waals surface area contributed by atoms with Crippen LogP contribution in [0.25, 0.3) is 0 Å². The number of halogens is 3. The SMILES string of the molecule is COC(=O)C(C)(NC(C)C)c1ccc(C(F)(F)F)cc1. The van der Waals surface area contributed by atoms with Crippen molar-refractivity contribution < 1.29 is 22.7 Å². The Morgan fingerprint density at radius 3 is 1.95 bits per heavy atom. The van der Waals surface area contributed by atoms with E-state index in [1.807, 2.05) is 13.8 Å². The highest BCUT2D eigenvalue weighted by Crippen LogP contribution is 2.31. The lowest BCUT2D eigenvalue weighted by Gasteiger charge is -2.30. The topological polar surface area (TPSA) is 38.3 Å². The quantitative estimate of drug-likeness (QED) is 0.866. The van der Waals surface area contributed by atoms with Crippen LogP contribution in [0.4, 0.5) is 13.2 Å². The molecule has 0 radical (unpaired) electrons. The molecule has 0 spiro atoms. The monoisotopic (exact) mass is 289 g/mol. The standard InChI is InChI=1S/C14H18F3NO2/c1-9(2)18-13(3,12(19)20-4)10-5-7-11(8-6-10)14(15,16)17/h5-9,18H,1-4H3. The first kappa shape index (κ1) is 16.5. The molecule has 6 heteroatoms. The molecule has 3 nitrogen and oxygen atoms in total. The molecular formula is C14H18F3NO2. The van der Waals surface area contributed by atoms with Gasteiger partial charge in [0.25, 0.3) is 0 Å². The molecule has 1 atom stereocenters. The van der Waals surface area contributed by atoms with Crippen molar-refractivity contribution in [3.8, 4) is 0 Å². The Morgan fingerprint density at radius 1 is 1.15 bits per heavy atom. The van der Waals surface area contributed by atoms with Crippen LogP contribution >= 0.6 is 0 Å². The number of hydrogen-bond acceptors (Lipinski definition) is 3. The highest BCUT2D eigenvalue weighted by molar-refractivity contribution is 5.82. The van der Waals surface area contributed by atoms with Crippen molar-refractivity contribution in [2.24, 2.45) is 0 Å².